The summed E-state index contributed by atoms with van der Waals surface area (Å²) in [6, 6.07) is 0. The van der Waals surface area contributed by atoms with E-state index in [0.717, 1.165) is 11.5 Å². The van der Waals surface area contributed by atoms with Gasteiger partial charge < -0.3 is 18.9 Å². The molecule has 0 rings (SSSR count). The van der Waals surface area contributed by atoms with Crippen molar-refractivity contribution in [1.82, 2.24) is 0 Å². The lowest BCUT2D eigenvalue weighted by atomic mass is 10.4. The van der Waals surface area contributed by atoms with Gasteiger partial charge in [0.05, 0.1) is 52.4 Å². The molecule has 0 fully saturated rings. The molecule has 0 aliphatic carbocycles. The first-order chi connectivity index (χ1) is 8.31. The normalized spacial score (nSPS) is 12.9. The van der Waals surface area contributed by atoms with Crippen molar-refractivity contribution in [3.8, 4) is 0 Å². The van der Waals surface area contributed by atoms with Crippen molar-refractivity contribution in [3.05, 3.63) is 0 Å². The van der Waals surface area contributed by atoms with E-state index in [1.54, 1.807) is 0 Å². The van der Waals surface area contributed by atoms with Gasteiger partial charge in [-0.05, 0) is 6.92 Å². The maximum atomic E-state index is 5.49. The fraction of sp³-hybridized carbons (Fsp3) is 1.00. The molecular formula is C11H24O4S2. The summed E-state index contributed by atoms with van der Waals surface area (Å²) >= 11 is 8.08. The summed E-state index contributed by atoms with van der Waals surface area (Å²) in [7, 11) is 0. The lowest BCUT2D eigenvalue weighted by Gasteiger charge is -2.13. The highest BCUT2D eigenvalue weighted by atomic mass is 32.1. The van der Waals surface area contributed by atoms with Crippen LogP contribution in [-0.2, 0) is 18.9 Å². The van der Waals surface area contributed by atoms with Gasteiger partial charge in [-0.2, -0.15) is 25.3 Å². The molecule has 0 aromatic rings. The summed E-state index contributed by atoms with van der Waals surface area (Å²) in [4.78, 5) is 0. The minimum atomic E-state index is 0.0829. The van der Waals surface area contributed by atoms with Crippen molar-refractivity contribution in [2.24, 2.45) is 0 Å². The van der Waals surface area contributed by atoms with E-state index < -0.39 is 0 Å². The second kappa shape index (κ2) is 14.6. The van der Waals surface area contributed by atoms with Crippen LogP contribution in [-0.4, -0.2) is 63.9 Å². The Labute approximate surface area is 115 Å². The van der Waals surface area contributed by atoms with E-state index in [4.69, 9.17) is 18.9 Å². The van der Waals surface area contributed by atoms with Crippen LogP contribution in [0.15, 0.2) is 0 Å². The van der Waals surface area contributed by atoms with Gasteiger partial charge in [-0.3, -0.25) is 0 Å². The zero-order valence-electron chi connectivity index (χ0n) is 10.5. The zero-order valence-corrected chi connectivity index (χ0v) is 12.3. The SMILES string of the molecule is CC(COCCOCCS)OCCOCCS. The highest BCUT2D eigenvalue weighted by molar-refractivity contribution is 7.80. The van der Waals surface area contributed by atoms with Crippen molar-refractivity contribution in [2.45, 2.75) is 13.0 Å². The first-order valence-corrected chi connectivity index (χ1v) is 7.14. The molecule has 0 amide bonds. The Balaban J connectivity index is 3.09. The molecule has 0 aromatic heterocycles. The Hall–Kier alpha value is 0.540. The molecule has 0 radical (unpaired) electrons. The molecule has 1 atom stereocenters. The van der Waals surface area contributed by atoms with Gasteiger partial charge in [0.1, 0.15) is 0 Å². The van der Waals surface area contributed by atoms with Gasteiger partial charge in [-0.15, -0.1) is 0 Å². The lowest BCUT2D eigenvalue weighted by molar-refractivity contribution is -0.0377. The van der Waals surface area contributed by atoms with Gasteiger partial charge in [0.15, 0.2) is 0 Å². The molecule has 0 aliphatic heterocycles. The summed E-state index contributed by atoms with van der Waals surface area (Å²) < 4.78 is 21.3. The number of ether oxygens (including phenoxy) is 4. The first-order valence-electron chi connectivity index (χ1n) is 5.87. The molecule has 17 heavy (non-hydrogen) atoms. The van der Waals surface area contributed by atoms with Crippen LogP contribution < -0.4 is 0 Å². The Morgan fingerprint density at radius 3 is 1.88 bits per heavy atom. The van der Waals surface area contributed by atoms with E-state index in [2.05, 4.69) is 25.3 Å². The molecular weight excluding hydrogens is 260 g/mol. The largest absolute Gasteiger partial charge is 0.378 e. The van der Waals surface area contributed by atoms with Crippen LogP contribution in [0.2, 0.25) is 0 Å². The summed E-state index contributed by atoms with van der Waals surface area (Å²) in [5.41, 5.74) is 0. The average molecular weight is 284 g/mol. The third kappa shape index (κ3) is 14.5. The summed E-state index contributed by atoms with van der Waals surface area (Å²) in [5.74, 6) is 1.48. The van der Waals surface area contributed by atoms with Crippen LogP contribution in [0.4, 0.5) is 0 Å². The first kappa shape index (κ1) is 17.5. The van der Waals surface area contributed by atoms with Crippen LogP contribution in [0.1, 0.15) is 6.92 Å². The summed E-state index contributed by atoms with van der Waals surface area (Å²) in [5, 5.41) is 0. The van der Waals surface area contributed by atoms with Crippen LogP contribution in [0.5, 0.6) is 0 Å². The van der Waals surface area contributed by atoms with E-state index in [9.17, 15) is 0 Å². The van der Waals surface area contributed by atoms with Crippen LogP contribution in [0.25, 0.3) is 0 Å². The monoisotopic (exact) mass is 284 g/mol. The Bertz CT molecular complexity index is 149. The van der Waals surface area contributed by atoms with E-state index in [1.807, 2.05) is 6.92 Å². The molecule has 104 valence electrons. The zero-order chi connectivity index (χ0) is 12.8. The van der Waals surface area contributed by atoms with Crippen LogP contribution in [0, 0.1) is 0 Å². The number of thiol groups is 2. The molecule has 0 heterocycles. The molecule has 0 spiro atoms. The number of rotatable bonds is 13. The summed E-state index contributed by atoms with van der Waals surface area (Å²) in [6.45, 7) is 6.30. The maximum absolute atomic E-state index is 5.49. The van der Waals surface area contributed by atoms with Gasteiger partial charge in [0.2, 0.25) is 0 Å². The van der Waals surface area contributed by atoms with Gasteiger partial charge in [-0.1, -0.05) is 0 Å². The molecule has 4 nitrogen and oxygen atoms in total. The van der Waals surface area contributed by atoms with Crippen molar-refractivity contribution in [2.75, 3.05) is 57.8 Å². The Morgan fingerprint density at radius 1 is 0.765 bits per heavy atom. The highest BCUT2D eigenvalue weighted by Crippen LogP contribution is 1.93. The fourth-order valence-corrected chi connectivity index (χ4v) is 1.31. The van der Waals surface area contributed by atoms with E-state index >= 15 is 0 Å². The minimum Gasteiger partial charge on any atom is -0.378 e. The van der Waals surface area contributed by atoms with E-state index in [1.165, 1.54) is 0 Å². The van der Waals surface area contributed by atoms with Gasteiger partial charge in [0, 0.05) is 11.5 Å². The number of hydrogen-bond acceptors (Lipinski definition) is 6. The predicted molar refractivity (Wildman–Crippen MR) is 75.6 cm³/mol. The van der Waals surface area contributed by atoms with Crippen LogP contribution in [0.3, 0.4) is 0 Å². The molecule has 1 unspecified atom stereocenters. The Morgan fingerprint density at radius 2 is 1.29 bits per heavy atom. The minimum absolute atomic E-state index is 0.0829. The third-order valence-corrected chi connectivity index (χ3v) is 2.19. The molecule has 0 N–H and O–H groups in total. The summed E-state index contributed by atoms with van der Waals surface area (Å²) in [6.07, 6.45) is 0.0829. The van der Waals surface area contributed by atoms with Crippen molar-refractivity contribution >= 4 is 25.3 Å². The molecule has 6 heteroatoms. The van der Waals surface area contributed by atoms with Gasteiger partial charge in [0.25, 0.3) is 0 Å². The second-order valence-corrected chi connectivity index (χ2v) is 4.32. The van der Waals surface area contributed by atoms with Crippen molar-refractivity contribution in [3.63, 3.8) is 0 Å². The standard InChI is InChI=1S/C11H24O4S2/c1-11(15-5-4-13-7-9-17)10-14-3-2-12-6-8-16/h11,16-17H,2-10H2,1H3. The van der Waals surface area contributed by atoms with Gasteiger partial charge >= 0.3 is 0 Å². The fourth-order valence-electron chi connectivity index (χ4n) is 1.06. The molecule has 0 aliphatic rings. The van der Waals surface area contributed by atoms with Gasteiger partial charge in [-0.25, -0.2) is 0 Å². The molecule has 0 bridgehead atoms. The topological polar surface area (TPSA) is 36.9 Å². The molecule has 0 saturated heterocycles. The third-order valence-electron chi connectivity index (χ3n) is 1.83. The predicted octanol–water partition coefficient (Wildman–Crippen LogP) is 1.30. The number of hydrogen-bond donors (Lipinski definition) is 2. The lowest BCUT2D eigenvalue weighted by Crippen LogP contribution is -2.20. The average Bonchev–Trinajstić information content (AvgIpc) is 2.33. The highest BCUT2D eigenvalue weighted by Gasteiger charge is 2.01. The van der Waals surface area contributed by atoms with Crippen LogP contribution >= 0.6 is 25.3 Å². The maximum Gasteiger partial charge on any atom is 0.0781 e. The Kier molecular flexibility index (Phi) is 15.1. The van der Waals surface area contributed by atoms with Crippen molar-refractivity contribution in [1.29, 1.82) is 0 Å². The smallest absolute Gasteiger partial charge is 0.0781 e. The van der Waals surface area contributed by atoms with E-state index in [0.29, 0.717) is 46.2 Å². The molecule has 0 aromatic carbocycles. The van der Waals surface area contributed by atoms with E-state index in [-0.39, 0.29) is 6.10 Å². The quantitative estimate of drug-likeness (QED) is 0.395. The molecule has 0 saturated carbocycles. The second-order valence-electron chi connectivity index (χ2n) is 3.43. The van der Waals surface area contributed by atoms with Crippen molar-refractivity contribution < 1.29 is 18.9 Å².